The zero-order valence-electron chi connectivity index (χ0n) is 18.1. The number of aromatic nitrogens is 1. The van der Waals surface area contributed by atoms with Crippen LogP contribution in [0.25, 0.3) is 0 Å². The van der Waals surface area contributed by atoms with Crippen LogP contribution in [0.3, 0.4) is 0 Å². The summed E-state index contributed by atoms with van der Waals surface area (Å²) in [5.74, 6) is 0.539. The summed E-state index contributed by atoms with van der Waals surface area (Å²) in [6, 6.07) is 3.76. The SMILES string of the molecule is N#Cc1cnccc1O[C@H]1CC[C@H](OC2CCN(C(=O)OC3(C(F)(F)F)COC3)CC2)CC1. The lowest BCUT2D eigenvalue weighted by atomic mass is 9.94. The molecule has 33 heavy (non-hydrogen) atoms. The molecule has 1 aliphatic carbocycles. The van der Waals surface area contributed by atoms with Gasteiger partial charge in [0.05, 0.1) is 31.5 Å². The predicted molar refractivity (Wildman–Crippen MR) is 107 cm³/mol. The van der Waals surface area contributed by atoms with Crippen molar-refractivity contribution in [1.82, 2.24) is 9.88 Å². The fourth-order valence-electron chi connectivity index (χ4n) is 4.28. The number of halogens is 3. The Balaban J connectivity index is 1.18. The normalized spacial score (nSPS) is 25.6. The number of pyridine rings is 1. The second-order valence-corrected chi connectivity index (χ2v) is 8.68. The van der Waals surface area contributed by atoms with Gasteiger partial charge in [0.1, 0.15) is 17.4 Å². The lowest BCUT2D eigenvalue weighted by Crippen LogP contribution is -2.64. The fraction of sp³-hybridized carbons (Fsp3) is 0.682. The van der Waals surface area contributed by atoms with Crippen molar-refractivity contribution < 1.29 is 36.9 Å². The van der Waals surface area contributed by atoms with E-state index in [-0.39, 0.29) is 31.4 Å². The van der Waals surface area contributed by atoms with Gasteiger partial charge in [0, 0.05) is 25.5 Å². The summed E-state index contributed by atoms with van der Waals surface area (Å²) < 4.78 is 61.1. The molecule has 8 nitrogen and oxygen atoms in total. The third-order valence-electron chi connectivity index (χ3n) is 6.37. The topological polar surface area (TPSA) is 93.9 Å². The van der Waals surface area contributed by atoms with Crippen LogP contribution >= 0.6 is 0 Å². The van der Waals surface area contributed by atoms with Gasteiger partial charge in [-0.25, -0.2) is 4.79 Å². The molecule has 0 radical (unpaired) electrons. The van der Waals surface area contributed by atoms with Crippen LogP contribution in [0.1, 0.15) is 44.1 Å². The number of nitriles is 1. The molecular weight excluding hydrogens is 443 g/mol. The van der Waals surface area contributed by atoms with Crippen molar-refractivity contribution in [2.75, 3.05) is 26.3 Å². The highest BCUT2D eigenvalue weighted by Crippen LogP contribution is 2.40. The highest BCUT2D eigenvalue weighted by Gasteiger charge is 2.64. The first kappa shape index (κ1) is 23.6. The Morgan fingerprint density at radius 2 is 1.76 bits per heavy atom. The van der Waals surface area contributed by atoms with Crippen LogP contribution in [0.2, 0.25) is 0 Å². The number of rotatable bonds is 5. The average molecular weight is 469 g/mol. The van der Waals surface area contributed by atoms with Crippen molar-refractivity contribution in [1.29, 1.82) is 5.26 Å². The van der Waals surface area contributed by atoms with Gasteiger partial charge in [-0.05, 0) is 44.6 Å². The molecule has 4 rings (SSSR count). The van der Waals surface area contributed by atoms with Gasteiger partial charge in [-0.15, -0.1) is 0 Å². The Morgan fingerprint density at radius 1 is 1.12 bits per heavy atom. The van der Waals surface area contributed by atoms with Crippen molar-refractivity contribution in [2.24, 2.45) is 0 Å². The number of piperidine rings is 1. The summed E-state index contributed by atoms with van der Waals surface area (Å²) in [4.78, 5) is 17.5. The molecule has 1 aromatic heterocycles. The average Bonchev–Trinajstić information content (AvgIpc) is 2.77. The van der Waals surface area contributed by atoms with E-state index in [1.807, 2.05) is 0 Å². The molecule has 3 aliphatic rings. The van der Waals surface area contributed by atoms with Crippen LogP contribution in [-0.4, -0.2) is 72.4 Å². The first-order valence-corrected chi connectivity index (χ1v) is 11.1. The van der Waals surface area contributed by atoms with E-state index in [1.165, 1.54) is 11.1 Å². The van der Waals surface area contributed by atoms with Gasteiger partial charge in [0.25, 0.3) is 5.60 Å². The van der Waals surface area contributed by atoms with E-state index in [4.69, 9.17) is 19.5 Å². The van der Waals surface area contributed by atoms with Crippen LogP contribution in [0.5, 0.6) is 5.75 Å². The third-order valence-corrected chi connectivity index (χ3v) is 6.37. The maximum Gasteiger partial charge on any atom is 0.433 e. The van der Waals surface area contributed by atoms with Gasteiger partial charge in [-0.2, -0.15) is 18.4 Å². The van der Waals surface area contributed by atoms with Crippen molar-refractivity contribution in [2.45, 2.75) is 68.6 Å². The molecule has 2 aliphatic heterocycles. The van der Waals surface area contributed by atoms with Crippen LogP contribution in [-0.2, 0) is 14.2 Å². The van der Waals surface area contributed by atoms with Crippen molar-refractivity contribution >= 4 is 6.09 Å². The second kappa shape index (κ2) is 9.73. The maximum atomic E-state index is 13.2. The smallest absolute Gasteiger partial charge is 0.433 e. The Hall–Kier alpha value is -2.58. The monoisotopic (exact) mass is 469 g/mol. The molecule has 1 aromatic rings. The molecule has 1 amide bonds. The number of carbonyl (C=O) groups excluding carboxylic acids is 1. The summed E-state index contributed by atoms with van der Waals surface area (Å²) in [5.41, 5.74) is -2.12. The van der Waals surface area contributed by atoms with E-state index in [9.17, 15) is 18.0 Å². The number of hydrogen-bond donors (Lipinski definition) is 0. The van der Waals surface area contributed by atoms with Crippen molar-refractivity contribution in [3.05, 3.63) is 24.0 Å². The van der Waals surface area contributed by atoms with Crippen molar-refractivity contribution in [3.63, 3.8) is 0 Å². The van der Waals surface area contributed by atoms with Crippen LogP contribution < -0.4 is 4.74 Å². The molecule has 0 atom stereocenters. The Morgan fingerprint density at radius 3 is 2.33 bits per heavy atom. The molecule has 2 saturated heterocycles. The summed E-state index contributed by atoms with van der Waals surface area (Å²) in [6.45, 7) is -0.744. The first-order valence-electron chi connectivity index (χ1n) is 11.1. The molecule has 0 unspecified atom stereocenters. The minimum atomic E-state index is -4.65. The highest BCUT2D eigenvalue weighted by atomic mass is 19.4. The molecule has 180 valence electrons. The van der Waals surface area contributed by atoms with E-state index < -0.39 is 31.1 Å². The van der Waals surface area contributed by atoms with Gasteiger partial charge in [-0.1, -0.05) is 0 Å². The minimum absolute atomic E-state index is 0.00686. The Kier molecular flexibility index (Phi) is 6.95. The van der Waals surface area contributed by atoms with Gasteiger partial charge >= 0.3 is 12.3 Å². The third kappa shape index (κ3) is 5.33. The summed E-state index contributed by atoms with van der Waals surface area (Å²) in [7, 11) is 0. The standard InChI is InChI=1S/C22H26F3N3O5/c23-22(24,25)21(13-30-14-21)33-20(29)28-9-6-18(7-10-28)31-16-1-3-17(4-2-16)32-19-5-8-27-12-15(19)11-26/h5,8,12,16-18H,1-4,6-7,9-10,13-14H2/t16-,17-. The van der Waals surface area contributed by atoms with E-state index in [0.29, 0.717) is 24.2 Å². The van der Waals surface area contributed by atoms with E-state index >= 15 is 0 Å². The molecular formula is C22H26F3N3O5. The van der Waals surface area contributed by atoms with Crippen molar-refractivity contribution in [3.8, 4) is 11.8 Å². The zero-order chi connectivity index (χ0) is 23.5. The number of nitrogens with zero attached hydrogens (tertiary/aromatic N) is 3. The molecule has 3 fully saturated rings. The maximum absolute atomic E-state index is 13.2. The van der Waals surface area contributed by atoms with Crippen LogP contribution in [0, 0.1) is 11.3 Å². The molecule has 0 spiro atoms. The number of carbonyl (C=O) groups is 1. The lowest BCUT2D eigenvalue weighted by Gasteiger charge is -2.43. The van der Waals surface area contributed by atoms with Gasteiger partial charge in [-0.3, -0.25) is 4.98 Å². The quantitative estimate of drug-likeness (QED) is 0.651. The van der Waals surface area contributed by atoms with Crippen LogP contribution in [0.15, 0.2) is 18.5 Å². The lowest BCUT2D eigenvalue weighted by molar-refractivity contribution is -0.333. The molecule has 0 aromatic carbocycles. The summed E-state index contributed by atoms with van der Waals surface area (Å²) in [5, 5.41) is 9.15. The number of hydrogen-bond acceptors (Lipinski definition) is 7. The van der Waals surface area contributed by atoms with E-state index in [1.54, 1.807) is 12.3 Å². The zero-order valence-corrected chi connectivity index (χ0v) is 18.1. The summed E-state index contributed by atoms with van der Waals surface area (Å²) in [6.07, 6.45) is 1.80. The number of amides is 1. The molecule has 1 saturated carbocycles. The number of alkyl halides is 3. The predicted octanol–water partition coefficient (Wildman–Crippen LogP) is 3.59. The largest absolute Gasteiger partial charge is 0.489 e. The van der Waals surface area contributed by atoms with E-state index in [0.717, 1.165) is 25.7 Å². The van der Waals surface area contributed by atoms with E-state index in [2.05, 4.69) is 15.8 Å². The van der Waals surface area contributed by atoms with Gasteiger partial charge in [0.15, 0.2) is 0 Å². The molecule has 0 N–H and O–H groups in total. The number of ether oxygens (including phenoxy) is 4. The molecule has 0 bridgehead atoms. The summed E-state index contributed by atoms with van der Waals surface area (Å²) >= 11 is 0. The highest BCUT2D eigenvalue weighted by molar-refractivity contribution is 5.68. The van der Waals surface area contributed by atoms with Gasteiger partial charge in [0.2, 0.25) is 0 Å². The second-order valence-electron chi connectivity index (χ2n) is 8.68. The first-order chi connectivity index (χ1) is 15.8. The van der Waals surface area contributed by atoms with Gasteiger partial charge < -0.3 is 23.8 Å². The number of likely N-dealkylation sites (tertiary alicyclic amines) is 1. The fourth-order valence-corrected chi connectivity index (χ4v) is 4.28. The minimum Gasteiger partial charge on any atom is -0.489 e. The Labute approximate surface area is 189 Å². The molecule has 11 heteroatoms. The van der Waals surface area contributed by atoms with Crippen LogP contribution in [0.4, 0.5) is 18.0 Å². The Bertz CT molecular complexity index is 871. The molecule has 3 heterocycles.